The van der Waals surface area contributed by atoms with E-state index >= 15 is 0 Å². The molecule has 0 saturated carbocycles. The second-order valence-corrected chi connectivity index (χ2v) is 4.08. The van der Waals surface area contributed by atoms with E-state index in [2.05, 4.69) is 10.2 Å². The van der Waals surface area contributed by atoms with E-state index in [1.54, 1.807) is 0 Å². The average molecular weight is 217 g/mol. The summed E-state index contributed by atoms with van der Waals surface area (Å²) in [7, 11) is 0. The van der Waals surface area contributed by atoms with Crippen molar-refractivity contribution in [2.24, 2.45) is 11.7 Å². The van der Waals surface area contributed by atoms with Gasteiger partial charge in [-0.25, -0.2) is 0 Å². The number of rotatable bonds is 3. The Morgan fingerprint density at radius 1 is 1.12 bits per heavy atom. The minimum Gasteiger partial charge on any atom is -0.419 e. The first-order valence-electron chi connectivity index (χ1n) is 5.33. The van der Waals surface area contributed by atoms with Crippen LogP contribution in [0.25, 0.3) is 11.5 Å². The summed E-state index contributed by atoms with van der Waals surface area (Å²) in [6.07, 6.45) is 0. The zero-order valence-electron chi connectivity index (χ0n) is 9.42. The fourth-order valence-electron chi connectivity index (χ4n) is 1.35. The molecule has 2 rings (SSSR count). The van der Waals surface area contributed by atoms with Gasteiger partial charge in [0, 0.05) is 5.56 Å². The second-order valence-electron chi connectivity index (χ2n) is 4.08. The fraction of sp³-hybridized carbons (Fsp3) is 0.333. The van der Waals surface area contributed by atoms with E-state index in [-0.39, 0.29) is 12.0 Å². The molecule has 0 saturated heterocycles. The number of aromatic nitrogens is 2. The van der Waals surface area contributed by atoms with Gasteiger partial charge < -0.3 is 10.2 Å². The van der Waals surface area contributed by atoms with Crippen molar-refractivity contribution in [2.45, 2.75) is 19.9 Å². The topological polar surface area (TPSA) is 64.9 Å². The van der Waals surface area contributed by atoms with Crippen molar-refractivity contribution in [3.63, 3.8) is 0 Å². The van der Waals surface area contributed by atoms with Gasteiger partial charge in [-0.05, 0) is 18.1 Å². The van der Waals surface area contributed by atoms with Gasteiger partial charge in [0.1, 0.15) is 0 Å². The average Bonchev–Trinajstić information content (AvgIpc) is 2.78. The zero-order chi connectivity index (χ0) is 11.5. The van der Waals surface area contributed by atoms with Gasteiger partial charge in [0.15, 0.2) is 0 Å². The van der Waals surface area contributed by atoms with Gasteiger partial charge in [0.25, 0.3) is 0 Å². The third-order valence-electron chi connectivity index (χ3n) is 2.46. The molecule has 1 aromatic carbocycles. The number of nitrogens with two attached hydrogens (primary N) is 1. The summed E-state index contributed by atoms with van der Waals surface area (Å²) in [4.78, 5) is 0. The first-order chi connectivity index (χ1) is 7.68. The molecular formula is C12H15N3O. The maximum Gasteiger partial charge on any atom is 0.247 e. The lowest BCUT2D eigenvalue weighted by molar-refractivity contribution is 0.394. The SMILES string of the molecule is CC(C)[C@H](N)c1nnc(-c2ccccc2)o1. The molecule has 4 nitrogen and oxygen atoms in total. The van der Waals surface area contributed by atoms with Crippen LogP contribution in [0.4, 0.5) is 0 Å². The summed E-state index contributed by atoms with van der Waals surface area (Å²) in [6.45, 7) is 4.05. The van der Waals surface area contributed by atoms with Crippen molar-refractivity contribution in [3.8, 4) is 11.5 Å². The monoisotopic (exact) mass is 217 g/mol. The Kier molecular flexibility index (Phi) is 3.01. The molecule has 0 spiro atoms. The molecule has 0 aliphatic rings. The van der Waals surface area contributed by atoms with Crippen molar-refractivity contribution < 1.29 is 4.42 Å². The van der Waals surface area contributed by atoms with Crippen LogP contribution < -0.4 is 5.73 Å². The van der Waals surface area contributed by atoms with E-state index in [1.165, 1.54) is 0 Å². The first kappa shape index (κ1) is 10.8. The van der Waals surface area contributed by atoms with Crippen molar-refractivity contribution in [1.82, 2.24) is 10.2 Å². The molecule has 1 aromatic heterocycles. The molecule has 16 heavy (non-hydrogen) atoms. The van der Waals surface area contributed by atoms with Crippen LogP contribution in [-0.2, 0) is 0 Å². The lowest BCUT2D eigenvalue weighted by Crippen LogP contribution is -2.16. The highest BCUT2D eigenvalue weighted by Gasteiger charge is 2.18. The molecule has 2 aromatic rings. The van der Waals surface area contributed by atoms with Gasteiger partial charge in [-0.15, -0.1) is 10.2 Å². The summed E-state index contributed by atoms with van der Waals surface area (Å²) in [6, 6.07) is 9.46. The lowest BCUT2D eigenvalue weighted by atomic mass is 10.1. The maximum absolute atomic E-state index is 5.93. The summed E-state index contributed by atoms with van der Waals surface area (Å²) in [5.74, 6) is 1.30. The Bertz CT molecular complexity index is 450. The van der Waals surface area contributed by atoms with Gasteiger partial charge >= 0.3 is 0 Å². The summed E-state index contributed by atoms with van der Waals surface area (Å²) >= 11 is 0. The number of nitrogens with zero attached hydrogens (tertiary/aromatic N) is 2. The zero-order valence-corrected chi connectivity index (χ0v) is 9.42. The summed E-state index contributed by atoms with van der Waals surface area (Å²) in [5.41, 5.74) is 6.85. The molecule has 1 atom stereocenters. The highest BCUT2D eigenvalue weighted by atomic mass is 16.4. The van der Waals surface area contributed by atoms with E-state index in [0.717, 1.165) is 5.56 Å². The molecule has 0 bridgehead atoms. The number of hydrogen-bond acceptors (Lipinski definition) is 4. The van der Waals surface area contributed by atoms with E-state index < -0.39 is 0 Å². The Hall–Kier alpha value is -1.68. The second kappa shape index (κ2) is 4.45. The fourth-order valence-corrected chi connectivity index (χ4v) is 1.35. The van der Waals surface area contributed by atoms with Crippen molar-refractivity contribution in [1.29, 1.82) is 0 Å². The molecule has 4 heteroatoms. The van der Waals surface area contributed by atoms with Gasteiger partial charge in [-0.3, -0.25) is 0 Å². The standard InChI is InChI=1S/C12H15N3O/c1-8(2)10(13)12-15-14-11(16-12)9-6-4-3-5-7-9/h3-8,10H,13H2,1-2H3/t10-/m0/s1. The van der Waals surface area contributed by atoms with Crippen molar-refractivity contribution >= 4 is 0 Å². The van der Waals surface area contributed by atoms with Gasteiger partial charge in [0.2, 0.25) is 11.8 Å². The molecule has 1 heterocycles. The molecule has 0 aliphatic heterocycles. The van der Waals surface area contributed by atoms with Crippen molar-refractivity contribution in [2.75, 3.05) is 0 Å². The van der Waals surface area contributed by atoms with E-state index in [0.29, 0.717) is 11.8 Å². The summed E-state index contributed by atoms with van der Waals surface area (Å²) < 4.78 is 5.55. The van der Waals surface area contributed by atoms with Crippen LogP contribution in [0.1, 0.15) is 25.8 Å². The molecule has 0 unspecified atom stereocenters. The molecule has 84 valence electrons. The molecule has 2 N–H and O–H groups in total. The lowest BCUT2D eigenvalue weighted by Gasteiger charge is -2.09. The van der Waals surface area contributed by atoms with Gasteiger partial charge in [-0.2, -0.15) is 0 Å². The smallest absolute Gasteiger partial charge is 0.247 e. The number of hydrogen-bond donors (Lipinski definition) is 1. The number of benzene rings is 1. The van der Waals surface area contributed by atoms with Crippen LogP contribution in [-0.4, -0.2) is 10.2 Å². The van der Waals surface area contributed by atoms with Crippen LogP contribution >= 0.6 is 0 Å². The van der Waals surface area contributed by atoms with Gasteiger partial charge in [0.05, 0.1) is 6.04 Å². The molecular weight excluding hydrogens is 202 g/mol. The van der Waals surface area contributed by atoms with E-state index in [4.69, 9.17) is 10.2 Å². The van der Waals surface area contributed by atoms with Crippen LogP contribution in [0.15, 0.2) is 34.7 Å². The minimum absolute atomic E-state index is 0.204. The molecule has 0 amide bonds. The van der Waals surface area contributed by atoms with Crippen LogP contribution in [0, 0.1) is 5.92 Å². The Labute approximate surface area is 94.5 Å². The highest BCUT2D eigenvalue weighted by molar-refractivity contribution is 5.51. The van der Waals surface area contributed by atoms with Crippen molar-refractivity contribution in [3.05, 3.63) is 36.2 Å². The van der Waals surface area contributed by atoms with Crippen LogP contribution in [0.2, 0.25) is 0 Å². The van der Waals surface area contributed by atoms with Crippen LogP contribution in [0.5, 0.6) is 0 Å². The highest BCUT2D eigenvalue weighted by Crippen LogP contribution is 2.22. The maximum atomic E-state index is 5.93. The Morgan fingerprint density at radius 3 is 2.44 bits per heavy atom. The predicted octanol–water partition coefficient (Wildman–Crippen LogP) is 2.39. The Balaban J connectivity index is 2.27. The molecule has 0 fully saturated rings. The normalized spacial score (nSPS) is 13.0. The summed E-state index contributed by atoms with van der Waals surface area (Å²) in [5, 5.41) is 7.97. The third kappa shape index (κ3) is 2.12. The van der Waals surface area contributed by atoms with Crippen LogP contribution in [0.3, 0.4) is 0 Å². The third-order valence-corrected chi connectivity index (χ3v) is 2.46. The molecule has 0 aliphatic carbocycles. The predicted molar refractivity (Wildman–Crippen MR) is 61.5 cm³/mol. The van der Waals surface area contributed by atoms with E-state index in [9.17, 15) is 0 Å². The Morgan fingerprint density at radius 2 is 1.81 bits per heavy atom. The van der Waals surface area contributed by atoms with E-state index in [1.807, 2.05) is 44.2 Å². The van der Waals surface area contributed by atoms with Gasteiger partial charge in [-0.1, -0.05) is 32.0 Å². The minimum atomic E-state index is -0.204. The molecule has 0 radical (unpaired) electrons. The quantitative estimate of drug-likeness (QED) is 0.857. The first-order valence-corrected chi connectivity index (χ1v) is 5.33. The largest absolute Gasteiger partial charge is 0.419 e.